The molecule has 2 rings (SSSR count). The molecule has 1 aliphatic rings. The van der Waals surface area contributed by atoms with E-state index < -0.39 is 4.92 Å². The summed E-state index contributed by atoms with van der Waals surface area (Å²) in [5, 5.41) is 14.5. The monoisotopic (exact) mass is 270 g/mol. The lowest BCUT2D eigenvalue weighted by atomic mass is 10.1. The fraction of sp³-hybridized carbons (Fsp3) is 0.500. The van der Waals surface area contributed by atoms with E-state index in [9.17, 15) is 10.1 Å². The Labute approximate surface area is 110 Å². The molecule has 1 heterocycles. The topological polar surface area (TPSA) is 64.4 Å². The number of nitrogens with zero attached hydrogens (tertiary/aromatic N) is 1. The molecule has 1 aromatic carbocycles. The lowest BCUT2D eigenvalue weighted by Crippen LogP contribution is -2.35. The van der Waals surface area contributed by atoms with Gasteiger partial charge in [-0.25, -0.2) is 0 Å². The average Bonchev–Trinajstić information content (AvgIpc) is 2.38. The Hall–Kier alpha value is -1.17. The van der Waals surface area contributed by atoms with E-state index in [1.54, 1.807) is 12.1 Å². The number of piperidine rings is 1. The normalized spacial score (nSPS) is 19.7. The zero-order valence-electron chi connectivity index (χ0n) is 9.89. The summed E-state index contributed by atoms with van der Waals surface area (Å²) in [6.07, 6.45) is 2.15. The van der Waals surface area contributed by atoms with Crippen LogP contribution in [0, 0.1) is 10.1 Å². The number of benzene rings is 1. The van der Waals surface area contributed by atoms with Gasteiger partial charge in [0, 0.05) is 12.6 Å². The summed E-state index contributed by atoms with van der Waals surface area (Å²) in [5.41, 5.74) is 0.473. The van der Waals surface area contributed by atoms with Gasteiger partial charge in [-0.3, -0.25) is 10.1 Å². The quantitative estimate of drug-likeness (QED) is 0.674. The van der Waals surface area contributed by atoms with E-state index in [1.165, 1.54) is 6.07 Å². The Morgan fingerprint density at radius 2 is 2.39 bits per heavy atom. The lowest BCUT2D eigenvalue weighted by molar-refractivity contribution is -0.386. The smallest absolute Gasteiger partial charge is 0.276 e. The van der Waals surface area contributed by atoms with Gasteiger partial charge >= 0.3 is 0 Å². The fourth-order valence-electron chi connectivity index (χ4n) is 2.02. The van der Waals surface area contributed by atoms with Gasteiger partial charge in [0.1, 0.15) is 0 Å². The van der Waals surface area contributed by atoms with Crippen molar-refractivity contribution in [1.82, 2.24) is 5.32 Å². The molecule has 5 nitrogen and oxygen atoms in total. The van der Waals surface area contributed by atoms with Crippen molar-refractivity contribution in [2.24, 2.45) is 0 Å². The average molecular weight is 271 g/mol. The summed E-state index contributed by atoms with van der Waals surface area (Å²) >= 11 is 5.99. The second kappa shape index (κ2) is 6.13. The molecule has 0 bridgehead atoms. The molecular formula is C12H15ClN2O3. The molecule has 0 aromatic heterocycles. The third-order valence-corrected chi connectivity index (χ3v) is 3.36. The van der Waals surface area contributed by atoms with E-state index in [4.69, 9.17) is 16.3 Å². The maximum atomic E-state index is 10.9. The fourth-order valence-corrected chi connectivity index (χ4v) is 2.25. The second-order valence-electron chi connectivity index (χ2n) is 4.27. The van der Waals surface area contributed by atoms with Crippen molar-refractivity contribution in [2.45, 2.75) is 25.6 Å². The molecule has 1 N–H and O–H groups in total. The minimum absolute atomic E-state index is 0.0197. The van der Waals surface area contributed by atoms with Gasteiger partial charge in [0.25, 0.3) is 5.69 Å². The third kappa shape index (κ3) is 3.19. The molecule has 1 saturated heterocycles. The first-order valence-electron chi connectivity index (χ1n) is 5.92. The number of halogens is 1. The Balaban J connectivity index is 2.05. The Kier molecular flexibility index (Phi) is 4.52. The Bertz CT molecular complexity index is 433. The Morgan fingerprint density at radius 1 is 1.56 bits per heavy atom. The number of nitro benzene ring substituents is 1. The van der Waals surface area contributed by atoms with Crippen LogP contribution in [0.3, 0.4) is 0 Å². The van der Waals surface area contributed by atoms with E-state index in [-0.39, 0.29) is 18.4 Å². The Morgan fingerprint density at radius 3 is 3.06 bits per heavy atom. The molecule has 0 radical (unpaired) electrons. The van der Waals surface area contributed by atoms with E-state index in [0.717, 1.165) is 25.9 Å². The van der Waals surface area contributed by atoms with Gasteiger partial charge in [-0.15, -0.1) is 0 Å². The molecule has 1 atom stereocenters. The summed E-state index contributed by atoms with van der Waals surface area (Å²) < 4.78 is 5.69. The van der Waals surface area contributed by atoms with Crippen LogP contribution in [-0.2, 0) is 11.3 Å². The van der Waals surface area contributed by atoms with Crippen LogP contribution in [0.15, 0.2) is 18.2 Å². The molecule has 1 fully saturated rings. The molecule has 18 heavy (non-hydrogen) atoms. The molecule has 1 unspecified atom stereocenters. The van der Waals surface area contributed by atoms with Gasteiger partial charge in [-0.05, 0) is 25.5 Å². The summed E-state index contributed by atoms with van der Waals surface area (Å²) in [6, 6.07) is 4.67. The van der Waals surface area contributed by atoms with Crippen LogP contribution in [0.5, 0.6) is 0 Å². The first-order valence-corrected chi connectivity index (χ1v) is 6.30. The maximum Gasteiger partial charge on any atom is 0.276 e. The first-order chi connectivity index (χ1) is 8.68. The molecule has 0 saturated carbocycles. The van der Waals surface area contributed by atoms with Crippen molar-refractivity contribution >= 4 is 17.3 Å². The number of hydrogen-bond acceptors (Lipinski definition) is 4. The van der Waals surface area contributed by atoms with Gasteiger partial charge < -0.3 is 10.1 Å². The highest BCUT2D eigenvalue weighted by atomic mass is 35.5. The number of ether oxygens (including phenoxy) is 1. The molecule has 98 valence electrons. The van der Waals surface area contributed by atoms with E-state index in [2.05, 4.69) is 5.32 Å². The predicted molar refractivity (Wildman–Crippen MR) is 68.8 cm³/mol. The van der Waals surface area contributed by atoms with Crippen LogP contribution >= 0.6 is 11.6 Å². The van der Waals surface area contributed by atoms with Crippen LogP contribution in [0.2, 0.25) is 5.02 Å². The standard InChI is InChI=1S/C12H15ClN2O3/c13-11-4-1-5-12(15(16)17)10(11)8-18-9-3-2-6-14-7-9/h1,4-5,9,14H,2-3,6-8H2. The second-order valence-corrected chi connectivity index (χ2v) is 4.68. The molecule has 6 heteroatoms. The van der Waals surface area contributed by atoms with Crippen molar-refractivity contribution < 1.29 is 9.66 Å². The number of nitro groups is 1. The van der Waals surface area contributed by atoms with Crippen molar-refractivity contribution in [3.8, 4) is 0 Å². The highest BCUT2D eigenvalue weighted by Crippen LogP contribution is 2.27. The lowest BCUT2D eigenvalue weighted by Gasteiger charge is -2.23. The largest absolute Gasteiger partial charge is 0.372 e. The summed E-state index contributed by atoms with van der Waals surface area (Å²) in [5.74, 6) is 0. The van der Waals surface area contributed by atoms with Gasteiger partial charge in [0.15, 0.2) is 0 Å². The third-order valence-electron chi connectivity index (χ3n) is 3.01. The zero-order valence-corrected chi connectivity index (χ0v) is 10.7. The zero-order chi connectivity index (χ0) is 13.0. The van der Waals surface area contributed by atoms with Crippen LogP contribution in [0.4, 0.5) is 5.69 Å². The van der Waals surface area contributed by atoms with Crippen LogP contribution in [0.25, 0.3) is 0 Å². The van der Waals surface area contributed by atoms with Crippen LogP contribution < -0.4 is 5.32 Å². The summed E-state index contributed by atoms with van der Waals surface area (Å²) in [4.78, 5) is 10.5. The van der Waals surface area contributed by atoms with Gasteiger partial charge in [-0.2, -0.15) is 0 Å². The van der Waals surface area contributed by atoms with Crippen LogP contribution in [-0.4, -0.2) is 24.1 Å². The van der Waals surface area contributed by atoms with Crippen molar-refractivity contribution in [3.05, 3.63) is 38.9 Å². The predicted octanol–water partition coefficient (Wildman–Crippen LogP) is 2.52. The van der Waals surface area contributed by atoms with Gasteiger partial charge in [-0.1, -0.05) is 17.7 Å². The van der Waals surface area contributed by atoms with Crippen molar-refractivity contribution in [2.75, 3.05) is 13.1 Å². The van der Waals surface area contributed by atoms with E-state index in [1.807, 2.05) is 0 Å². The minimum atomic E-state index is -0.427. The SMILES string of the molecule is O=[N+]([O-])c1cccc(Cl)c1COC1CCCNC1. The molecular weight excluding hydrogens is 256 g/mol. The molecule has 0 spiro atoms. The molecule has 0 aliphatic carbocycles. The van der Waals surface area contributed by atoms with Crippen molar-refractivity contribution in [1.29, 1.82) is 0 Å². The first kappa shape index (κ1) is 13.3. The maximum absolute atomic E-state index is 10.9. The summed E-state index contributed by atoms with van der Waals surface area (Å²) in [6.45, 7) is 1.98. The van der Waals surface area contributed by atoms with Gasteiger partial charge in [0.05, 0.1) is 28.2 Å². The van der Waals surface area contributed by atoms with E-state index in [0.29, 0.717) is 10.6 Å². The number of rotatable bonds is 4. The van der Waals surface area contributed by atoms with Crippen molar-refractivity contribution in [3.63, 3.8) is 0 Å². The number of hydrogen-bond donors (Lipinski definition) is 1. The molecule has 1 aromatic rings. The minimum Gasteiger partial charge on any atom is -0.372 e. The molecule has 1 aliphatic heterocycles. The van der Waals surface area contributed by atoms with E-state index >= 15 is 0 Å². The highest BCUT2D eigenvalue weighted by Gasteiger charge is 2.19. The molecule has 0 amide bonds. The summed E-state index contributed by atoms with van der Waals surface area (Å²) in [7, 11) is 0. The number of nitrogens with one attached hydrogen (secondary N) is 1. The highest BCUT2D eigenvalue weighted by molar-refractivity contribution is 6.31. The van der Waals surface area contributed by atoms with Crippen LogP contribution in [0.1, 0.15) is 18.4 Å². The van der Waals surface area contributed by atoms with Gasteiger partial charge in [0.2, 0.25) is 0 Å².